The quantitative estimate of drug-likeness (QED) is 0.189. The van der Waals surface area contributed by atoms with E-state index in [0.29, 0.717) is 5.56 Å². The van der Waals surface area contributed by atoms with Crippen LogP contribution in [0.2, 0.25) is 0 Å². The summed E-state index contributed by atoms with van der Waals surface area (Å²) in [6.07, 6.45) is 3.45. The second-order valence-electron chi connectivity index (χ2n) is 8.98. The van der Waals surface area contributed by atoms with Crippen molar-refractivity contribution in [2.75, 3.05) is 0 Å². The Bertz CT molecular complexity index is 1930. The van der Waals surface area contributed by atoms with E-state index in [2.05, 4.69) is 22.1 Å². The molecule has 0 unspecified atom stereocenters. The summed E-state index contributed by atoms with van der Waals surface area (Å²) in [6, 6.07) is 24.5. The summed E-state index contributed by atoms with van der Waals surface area (Å²) >= 11 is 0. The third-order valence-electron chi connectivity index (χ3n) is 6.23. The zero-order chi connectivity index (χ0) is 30.8. The molecule has 6 aromatic rings. The summed E-state index contributed by atoms with van der Waals surface area (Å²) in [5, 5.41) is 11.4. The zero-order valence-electron chi connectivity index (χ0n) is 26.8. The van der Waals surface area contributed by atoms with Crippen LogP contribution in [0.1, 0.15) is 23.5 Å². The number of pyridine rings is 2. The SMILES string of the molecule is Oc1ccccc1-c1ccccn1.[2H]c1c([2H])c([2H])c(-c2ccc3c(-c4[c-]c(C)cc(C)c4)nccc3c2C)c([2H])c1[2H].[Ir]. The van der Waals surface area contributed by atoms with Gasteiger partial charge in [0.25, 0.3) is 0 Å². The Morgan fingerprint density at radius 2 is 1.51 bits per heavy atom. The molecule has 39 heavy (non-hydrogen) atoms. The van der Waals surface area contributed by atoms with Gasteiger partial charge in [0, 0.05) is 38.1 Å². The first-order valence-electron chi connectivity index (χ1n) is 14.7. The predicted molar refractivity (Wildman–Crippen MR) is 157 cm³/mol. The number of benzene rings is 4. The number of aryl methyl sites for hydroxylation is 3. The monoisotopic (exact) mass is 691 g/mol. The maximum Gasteiger partial charge on any atom is 0.124 e. The average molecular weight is 691 g/mol. The molecule has 2 aromatic heterocycles. The summed E-state index contributed by atoms with van der Waals surface area (Å²) < 4.78 is 40.4. The summed E-state index contributed by atoms with van der Waals surface area (Å²) in [6.45, 7) is 5.95. The van der Waals surface area contributed by atoms with E-state index in [4.69, 9.17) is 6.85 Å². The Hall–Kier alpha value is -4.11. The van der Waals surface area contributed by atoms with Crippen LogP contribution in [0.3, 0.4) is 0 Å². The minimum absolute atomic E-state index is 0. The molecule has 1 N–H and O–H groups in total. The molecule has 0 spiro atoms. The van der Waals surface area contributed by atoms with Gasteiger partial charge in [0.05, 0.1) is 12.5 Å². The second-order valence-corrected chi connectivity index (χ2v) is 8.98. The van der Waals surface area contributed by atoms with Crippen molar-refractivity contribution in [2.45, 2.75) is 20.8 Å². The van der Waals surface area contributed by atoms with Crippen molar-refractivity contribution in [2.24, 2.45) is 0 Å². The fourth-order valence-corrected chi connectivity index (χ4v) is 4.51. The van der Waals surface area contributed by atoms with Crippen LogP contribution in [0.15, 0.2) is 115 Å². The van der Waals surface area contributed by atoms with Crippen LogP contribution < -0.4 is 0 Å². The number of fused-ring (bicyclic) bond motifs is 1. The van der Waals surface area contributed by atoms with Gasteiger partial charge < -0.3 is 10.1 Å². The number of hydrogen-bond donors (Lipinski definition) is 1. The van der Waals surface area contributed by atoms with Crippen LogP contribution in [-0.2, 0) is 20.1 Å². The van der Waals surface area contributed by atoms with Crippen LogP contribution >= 0.6 is 0 Å². The van der Waals surface area contributed by atoms with Crippen molar-refractivity contribution in [3.63, 3.8) is 0 Å². The molecule has 4 aromatic carbocycles. The van der Waals surface area contributed by atoms with E-state index in [1.165, 1.54) is 0 Å². The molecule has 6 rings (SSSR count). The number of nitrogens with zero attached hydrogens (tertiary/aromatic N) is 2. The van der Waals surface area contributed by atoms with Crippen LogP contribution in [0.4, 0.5) is 0 Å². The first-order valence-corrected chi connectivity index (χ1v) is 12.2. The minimum atomic E-state index is -0.385. The molecular formula is C35H29IrN2O-. The van der Waals surface area contributed by atoms with E-state index in [0.717, 1.165) is 50.0 Å². The molecule has 1 radical (unpaired) electrons. The summed E-state index contributed by atoms with van der Waals surface area (Å²) in [5.74, 6) is 0.265. The molecule has 0 bridgehead atoms. The minimum Gasteiger partial charge on any atom is -0.507 e. The van der Waals surface area contributed by atoms with Gasteiger partial charge in [0.15, 0.2) is 0 Å². The normalized spacial score (nSPS) is 12.1. The van der Waals surface area contributed by atoms with Crippen molar-refractivity contribution >= 4 is 10.8 Å². The number of phenols is 1. The maximum atomic E-state index is 9.52. The summed E-state index contributed by atoms with van der Waals surface area (Å²) in [7, 11) is 0. The average Bonchev–Trinajstić information content (AvgIpc) is 3.00. The van der Waals surface area contributed by atoms with Crippen molar-refractivity contribution in [3.05, 3.63) is 138 Å². The van der Waals surface area contributed by atoms with Crippen LogP contribution in [-0.4, -0.2) is 15.1 Å². The topological polar surface area (TPSA) is 46.0 Å². The Morgan fingerprint density at radius 1 is 0.744 bits per heavy atom. The van der Waals surface area contributed by atoms with Gasteiger partial charge in [-0.1, -0.05) is 74.4 Å². The Labute approximate surface area is 250 Å². The molecular weight excluding hydrogens is 657 g/mol. The van der Waals surface area contributed by atoms with Crippen molar-refractivity contribution in [1.29, 1.82) is 0 Å². The molecule has 0 saturated heterocycles. The second kappa shape index (κ2) is 12.6. The molecule has 0 amide bonds. The number of aromatic nitrogens is 2. The number of para-hydroxylation sites is 1. The predicted octanol–water partition coefficient (Wildman–Crippen LogP) is 8.75. The molecule has 0 aliphatic carbocycles. The largest absolute Gasteiger partial charge is 0.507 e. The maximum absolute atomic E-state index is 9.52. The van der Waals surface area contributed by atoms with Gasteiger partial charge in [-0.15, -0.1) is 34.9 Å². The Kier molecular flexibility index (Phi) is 7.05. The molecule has 0 atom stereocenters. The molecule has 3 nitrogen and oxygen atoms in total. The van der Waals surface area contributed by atoms with Crippen LogP contribution in [0, 0.1) is 26.8 Å². The molecule has 0 aliphatic heterocycles. The van der Waals surface area contributed by atoms with E-state index in [9.17, 15) is 5.11 Å². The molecule has 0 saturated carbocycles. The van der Waals surface area contributed by atoms with E-state index >= 15 is 0 Å². The van der Waals surface area contributed by atoms with Gasteiger partial charge in [-0.05, 0) is 70.4 Å². The van der Waals surface area contributed by atoms with E-state index in [1.54, 1.807) is 24.5 Å². The fourth-order valence-electron chi connectivity index (χ4n) is 4.51. The molecule has 2 heterocycles. The third kappa shape index (κ3) is 6.31. The zero-order valence-corrected chi connectivity index (χ0v) is 24.2. The summed E-state index contributed by atoms with van der Waals surface area (Å²) in [5.41, 5.74) is 7.15. The first kappa shape index (κ1) is 21.8. The van der Waals surface area contributed by atoms with Gasteiger partial charge in [-0.2, -0.15) is 0 Å². The first-order chi connectivity index (χ1) is 20.6. The molecule has 195 valence electrons. The van der Waals surface area contributed by atoms with Crippen molar-refractivity contribution < 1.29 is 32.1 Å². The third-order valence-corrected chi connectivity index (χ3v) is 6.23. The molecule has 0 aliphatic rings. The van der Waals surface area contributed by atoms with Crippen molar-refractivity contribution in [3.8, 4) is 39.4 Å². The number of phenolic OH excluding ortho intramolecular Hbond substituents is 1. The van der Waals surface area contributed by atoms with Gasteiger partial charge in [-0.3, -0.25) is 4.98 Å². The van der Waals surface area contributed by atoms with E-state index in [-0.39, 0.29) is 61.6 Å². The number of hydrogen-bond acceptors (Lipinski definition) is 3. The van der Waals surface area contributed by atoms with E-state index in [1.807, 2.05) is 75.4 Å². The Balaban J connectivity index is 0.000000264. The Morgan fingerprint density at radius 3 is 2.23 bits per heavy atom. The number of rotatable bonds is 3. The molecule has 0 fully saturated rings. The smallest absolute Gasteiger partial charge is 0.124 e. The fraction of sp³-hybridized carbons (Fsp3) is 0.0857. The van der Waals surface area contributed by atoms with Crippen LogP contribution in [0.5, 0.6) is 5.75 Å². The molecule has 4 heteroatoms. The van der Waals surface area contributed by atoms with Crippen LogP contribution in [0.25, 0.3) is 44.4 Å². The number of aromatic hydroxyl groups is 1. The van der Waals surface area contributed by atoms with Crippen molar-refractivity contribution in [1.82, 2.24) is 9.97 Å². The standard InChI is InChI=1S/C24H20N.C11H9NO.Ir/c1-16-13-17(2)15-20(14-16)24-23-10-9-21(19-7-5-4-6-8-19)18(3)22(23)11-12-25-24;13-11-7-2-1-5-9(11)10-6-3-4-8-12-10;/h4-14H,1-3H3;1-8,13H;/q-1;;/i4D,5D,6D,7D,8D;;. The summed E-state index contributed by atoms with van der Waals surface area (Å²) in [4.78, 5) is 8.74. The van der Waals surface area contributed by atoms with Gasteiger partial charge in [-0.25, -0.2) is 0 Å². The van der Waals surface area contributed by atoms with E-state index < -0.39 is 0 Å². The van der Waals surface area contributed by atoms with Gasteiger partial charge in [0.1, 0.15) is 5.75 Å². The van der Waals surface area contributed by atoms with Gasteiger partial charge >= 0.3 is 0 Å². The van der Waals surface area contributed by atoms with Gasteiger partial charge in [0.2, 0.25) is 0 Å².